The fourth-order valence-corrected chi connectivity index (χ4v) is 2.80. The Morgan fingerprint density at radius 2 is 1.69 bits per heavy atom. The molecule has 13 nitrogen and oxygen atoms in total. The van der Waals surface area contributed by atoms with Crippen LogP contribution in [0.1, 0.15) is 10.4 Å². The number of aromatic nitrogens is 2. The summed E-state index contributed by atoms with van der Waals surface area (Å²) in [6.45, 7) is 2.62. The molecule has 1 aliphatic rings. The van der Waals surface area contributed by atoms with Crippen molar-refractivity contribution >= 4 is 28.9 Å². The number of rotatable bonds is 6. The van der Waals surface area contributed by atoms with E-state index in [0.717, 1.165) is 13.1 Å². The van der Waals surface area contributed by atoms with Crippen LogP contribution in [0.2, 0.25) is 0 Å². The Morgan fingerprint density at radius 3 is 2.28 bits per heavy atom. The second-order valence-corrected chi connectivity index (χ2v) is 6.33. The third-order valence-electron chi connectivity index (χ3n) is 4.42. The van der Waals surface area contributed by atoms with E-state index in [1.54, 1.807) is 4.90 Å². The third-order valence-corrected chi connectivity index (χ3v) is 4.42. The molecule has 0 radical (unpaired) electrons. The Balaban J connectivity index is 1.76. The van der Waals surface area contributed by atoms with Crippen LogP contribution < -0.4 is 15.8 Å². The number of nitro groups is 2. The highest BCUT2D eigenvalue weighted by Crippen LogP contribution is 2.31. The Bertz CT molecular complexity index is 927. The van der Waals surface area contributed by atoms with E-state index in [4.69, 9.17) is 0 Å². The molecule has 2 aromatic rings. The lowest BCUT2D eigenvalue weighted by Crippen LogP contribution is -2.45. The Kier molecular flexibility index (Phi) is 5.78. The smallest absolute Gasteiger partial charge is 0.348 e. The van der Waals surface area contributed by atoms with Crippen LogP contribution in [0.15, 0.2) is 30.6 Å². The van der Waals surface area contributed by atoms with Crippen LogP contribution in [-0.4, -0.2) is 63.8 Å². The highest BCUT2D eigenvalue weighted by Gasteiger charge is 2.29. The van der Waals surface area contributed by atoms with Crippen molar-refractivity contribution in [2.75, 3.05) is 43.6 Å². The summed E-state index contributed by atoms with van der Waals surface area (Å²) >= 11 is 0. The summed E-state index contributed by atoms with van der Waals surface area (Å²) < 4.78 is 0. The molecule has 1 fully saturated rings. The van der Waals surface area contributed by atoms with Crippen LogP contribution in [0.25, 0.3) is 0 Å². The lowest BCUT2D eigenvalue weighted by molar-refractivity contribution is -0.384. The van der Waals surface area contributed by atoms with E-state index in [1.807, 2.05) is 7.05 Å². The second kappa shape index (κ2) is 8.43. The molecule has 0 saturated carbocycles. The van der Waals surface area contributed by atoms with E-state index < -0.39 is 15.8 Å². The number of amides is 1. The second-order valence-electron chi connectivity index (χ2n) is 6.33. The largest absolute Gasteiger partial charge is 0.355 e. The van der Waals surface area contributed by atoms with E-state index in [1.165, 1.54) is 30.6 Å². The number of anilines is 2. The van der Waals surface area contributed by atoms with Gasteiger partial charge < -0.3 is 9.80 Å². The van der Waals surface area contributed by atoms with Crippen molar-refractivity contribution in [1.82, 2.24) is 20.3 Å². The van der Waals surface area contributed by atoms with Gasteiger partial charge in [0.15, 0.2) is 0 Å². The molecule has 1 amide bonds. The number of piperazine rings is 1. The third kappa shape index (κ3) is 4.52. The summed E-state index contributed by atoms with van der Waals surface area (Å²) in [6.07, 6.45) is 1.18. The van der Waals surface area contributed by atoms with Crippen LogP contribution >= 0.6 is 0 Å². The zero-order chi connectivity index (χ0) is 21.0. The maximum Gasteiger partial charge on any atom is 0.355 e. The minimum atomic E-state index is -0.631. The van der Waals surface area contributed by atoms with Gasteiger partial charge in [-0.1, -0.05) is 0 Å². The zero-order valence-corrected chi connectivity index (χ0v) is 15.4. The van der Waals surface area contributed by atoms with Gasteiger partial charge in [-0.3, -0.25) is 35.9 Å². The average molecular weight is 402 g/mol. The van der Waals surface area contributed by atoms with Crippen LogP contribution in [0.3, 0.4) is 0 Å². The minimum absolute atomic E-state index is 0.138. The van der Waals surface area contributed by atoms with Crippen LogP contribution in [0.5, 0.6) is 0 Å². The van der Waals surface area contributed by atoms with Gasteiger partial charge in [0.1, 0.15) is 6.33 Å². The number of hydrazine groups is 1. The predicted molar refractivity (Wildman–Crippen MR) is 103 cm³/mol. The van der Waals surface area contributed by atoms with E-state index in [9.17, 15) is 25.0 Å². The lowest BCUT2D eigenvalue weighted by Gasteiger charge is -2.32. The highest BCUT2D eigenvalue weighted by molar-refractivity contribution is 5.95. The molecule has 0 spiro atoms. The van der Waals surface area contributed by atoms with Crippen molar-refractivity contribution in [1.29, 1.82) is 0 Å². The number of hydrogen-bond donors (Lipinski definition) is 2. The van der Waals surface area contributed by atoms with Crippen LogP contribution in [0.4, 0.5) is 23.0 Å². The van der Waals surface area contributed by atoms with Gasteiger partial charge in [0.25, 0.3) is 11.6 Å². The number of benzene rings is 1. The number of non-ortho nitro benzene ring substituents is 1. The topological polar surface area (TPSA) is 160 Å². The summed E-state index contributed by atoms with van der Waals surface area (Å²) in [5.74, 6) is -0.617. The number of nitro benzene ring substituents is 1. The van der Waals surface area contributed by atoms with Gasteiger partial charge in [0.05, 0.1) is 9.85 Å². The Hall–Kier alpha value is -3.87. The predicted octanol–water partition coefficient (Wildman–Crippen LogP) is 0.802. The molecule has 29 heavy (non-hydrogen) atoms. The highest BCUT2D eigenvalue weighted by atomic mass is 16.6. The van der Waals surface area contributed by atoms with Crippen LogP contribution in [-0.2, 0) is 0 Å². The van der Waals surface area contributed by atoms with Crippen molar-refractivity contribution in [2.24, 2.45) is 0 Å². The zero-order valence-electron chi connectivity index (χ0n) is 15.4. The van der Waals surface area contributed by atoms with Gasteiger partial charge >= 0.3 is 5.69 Å². The maximum absolute atomic E-state index is 12.2. The van der Waals surface area contributed by atoms with Crippen molar-refractivity contribution < 1.29 is 14.6 Å². The molecule has 3 rings (SSSR count). The van der Waals surface area contributed by atoms with Gasteiger partial charge in [0.2, 0.25) is 11.6 Å². The summed E-state index contributed by atoms with van der Waals surface area (Å²) in [5.41, 5.74) is 4.41. The number of hydrogen-bond acceptors (Lipinski definition) is 10. The van der Waals surface area contributed by atoms with Crippen molar-refractivity contribution in [3.63, 3.8) is 0 Å². The maximum atomic E-state index is 12.2. The van der Waals surface area contributed by atoms with E-state index in [2.05, 4.69) is 25.7 Å². The molecular weight excluding hydrogens is 384 g/mol. The monoisotopic (exact) mass is 402 g/mol. The molecule has 0 atom stereocenters. The van der Waals surface area contributed by atoms with E-state index >= 15 is 0 Å². The van der Waals surface area contributed by atoms with Crippen molar-refractivity contribution in [3.05, 3.63) is 56.4 Å². The molecule has 0 aliphatic carbocycles. The number of nitrogens with one attached hydrogen (secondary N) is 2. The summed E-state index contributed by atoms with van der Waals surface area (Å²) in [6, 6.07) is 4.93. The first-order valence-electron chi connectivity index (χ1n) is 8.60. The van der Waals surface area contributed by atoms with E-state index in [0.29, 0.717) is 13.1 Å². The van der Waals surface area contributed by atoms with Gasteiger partial charge in [-0.05, 0) is 19.2 Å². The molecule has 152 valence electrons. The fraction of sp³-hybridized carbons (Fsp3) is 0.312. The summed E-state index contributed by atoms with van der Waals surface area (Å²) in [4.78, 5) is 45.2. The molecule has 0 bridgehead atoms. The molecule has 1 saturated heterocycles. The van der Waals surface area contributed by atoms with Gasteiger partial charge in [-0.2, -0.15) is 0 Å². The molecular formula is C16H18N8O5. The molecule has 2 heterocycles. The number of carbonyl (C=O) groups is 1. The normalized spacial score (nSPS) is 14.3. The number of carbonyl (C=O) groups excluding carboxylic acids is 1. The average Bonchev–Trinajstić information content (AvgIpc) is 2.72. The molecule has 1 aromatic heterocycles. The van der Waals surface area contributed by atoms with Crippen LogP contribution in [0, 0.1) is 20.2 Å². The number of nitrogens with zero attached hydrogens (tertiary/aromatic N) is 6. The molecule has 0 unspecified atom stereocenters. The molecule has 2 N–H and O–H groups in total. The van der Waals surface area contributed by atoms with Gasteiger partial charge in [-0.25, -0.2) is 9.97 Å². The molecule has 13 heteroatoms. The standard InChI is InChI=1S/C16H18N8O5/c1-21-6-8-22(9-7-21)15-13(24(28)29)14(17-10-18-15)19-20-16(25)11-2-4-12(5-3-11)23(26)27/h2-5,10H,6-9H2,1H3,(H,20,25)(H,17,18,19). The Morgan fingerprint density at radius 1 is 1.03 bits per heavy atom. The first kappa shape index (κ1) is 19.9. The Labute approximate surface area is 164 Å². The lowest BCUT2D eigenvalue weighted by atomic mass is 10.2. The SMILES string of the molecule is CN1CCN(c2ncnc(NNC(=O)c3ccc([N+](=O)[O-])cc3)c2[N+](=O)[O-])CC1. The van der Waals surface area contributed by atoms with Crippen molar-refractivity contribution in [2.45, 2.75) is 0 Å². The van der Waals surface area contributed by atoms with Gasteiger partial charge in [0, 0.05) is 43.9 Å². The number of likely N-dealkylation sites (N-methyl/N-ethyl adjacent to an activating group) is 1. The minimum Gasteiger partial charge on any atom is -0.348 e. The van der Waals surface area contributed by atoms with Crippen molar-refractivity contribution in [3.8, 4) is 0 Å². The first-order chi connectivity index (χ1) is 13.9. The van der Waals surface area contributed by atoms with E-state index in [-0.39, 0.29) is 28.6 Å². The summed E-state index contributed by atoms with van der Waals surface area (Å²) in [5, 5.41) is 22.3. The summed E-state index contributed by atoms with van der Waals surface area (Å²) in [7, 11) is 1.96. The quantitative estimate of drug-likeness (QED) is 0.522. The molecule has 1 aliphatic heterocycles. The fourth-order valence-electron chi connectivity index (χ4n) is 2.80. The van der Waals surface area contributed by atoms with Gasteiger partial charge in [-0.15, -0.1) is 0 Å². The molecule has 1 aromatic carbocycles. The first-order valence-corrected chi connectivity index (χ1v) is 8.60.